The van der Waals surface area contributed by atoms with E-state index in [1.807, 2.05) is 29.2 Å². The van der Waals surface area contributed by atoms with Crippen molar-refractivity contribution < 1.29 is 13.2 Å². The van der Waals surface area contributed by atoms with Gasteiger partial charge in [-0.15, -0.1) is 0 Å². The average Bonchev–Trinajstić information content (AvgIpc) is 2.89. The van der Waals surface area contributed by atoms with Gasteiger partial charge in [0.05, 0.1) is 24.2 Å². The highest BCUT2D eigenvalue weighted by Gasteiger charge is 2.48. The molecule has 1 N–H and O–H groups in total. The van der Waals surface area contributed by atoms with Crippen molar-refractivity contribution in [3.63, 3.8) is 0 Å². The maximum absolute atomic E-state index is 11.8. The van der Waals surface area contributed by atoms with Gasteiger partial charge in [0.25, 0.3) is 0 Å². The molecule has 0 amide bonds. The zero-order chi connectivity index (χ0) is 15.7. The largest absolute Gasteiger partial charge is 0.494 e. The first-order valence-corrected chi connectivity index (χ1v) is 10.2. The van der Waals surface area contributed by atoms with E-state index in [4.69, 9.17) is 10.1 Å². The Morgan fingerprint density at radius 1 is 1.41 bits per heavy atom. The number of fused-ring (bicyclic) bond motifs is 1. The fourth-order valence-electron chi connectivity index (χ4n) is 2.87. The van der Waals surface area contributed by atoms with Gasteiger partial charge in [0.15, 0.2) is 15.0 Å². The van der Waals surface area contributed by atoms with E-state index >= 15 is 0 Å². The van der Waals surface area contributed by atoms with Crippen molar-refractivity contribution in [3.8, 4) is 5.75 Å². The summed E-state index contributed by atoms with van der Waals surface area (Å²) in [7, 11) is -2.99. The number of unbranched alkanes of at least 4 members (excludes halogenated alkanes) is 1. The zero-order valence-corrected chi connectivity index (χ0v) is 14.1. The van der Waals surface area contributed by atoms with Crippen LogP contribution >= 0.6 is 11.8 Å². The van der Waals surface area contributed by atoms with E-state index in [-0.39, 0.29) is 22.8 Å². The molecule has 2 aliphatic rings. The molecule has 0 unspecified atom stereocenters. The molecule has 2 saturated heterocycles. The maximum Gasteiger partial charge on any atom is 0.161 e. The Kier molecular flexibility index (Phi) is 4.36. The summed E-state index contributed by atoms with van der Waals surface area (Å²) < 4.78 is 29.4. The summed E-state index contributed by atoms with van der Waals surface area (Å²) in [5, 5.41) is 8.56. The van der Waals surface area contributed by atoms with Gasteiger partial charge in [-0.1, -0.05) is 31.2 Å². The lowest BCUT2D eigenvalue weighted by Crippen LogP contribution is -2.37. The second kappa shape index (κ2) is 6.12. The lowest BCUT2D eigenvalue weighted by molar-refractivity contribution is 0.309. The van der Waals surface area contributed by atoms with E-state index in [1.54, 1.807) is 0 Å². The average molecular weight is 340 g/mol. The van der Waals surface area contributed by atoms with Crippen LogP contribution < -0.4 is 9.64 Å². The second-order valence-electron chi connectivity index (χ2n) is 5.68. The molecular formula is C15H20N2O3S2. The summed E-state index contributed by atoms with van der Waals surface area (Å²) in [6.07, 6.45) is 2.08. The van der Waals surface area contributed by atoms with Crippen molar-refractivity contribution in [2.24, 2.45) is 0 Å². The molecule has 3 rings (SSSR count). The van der Waals surface area contributed by atoms with E-state index < -0.39 is 9.84 Å². The molecule has 0 radical (unpaired) electrons. The number of hydrogen-bond acceptors (Lipinski definition) is 5. The molecule has 2 heterocycles. The molecular weight excluding hydrogens is 320 g/mol. The van der Waals surface area contributed by atoms with Crippen LogP contribution in [0, 0.1) is 5.41 Å². The van der Waals surface area contributed by atoms with Crippen molar-refractivity contribution in [1.82, 2.24) is 0 Å². The number of sulfone groups is 1. The summed E-state index contributed by atoms with van der Waals surface area (Å²) >= 11 is 1.36. The number of benzene rings is 1. The molecule has 0 aromatic heterocycles. The normalized spacial score (nSPS) is 26.2. The van der Waals surface area contributed by atoms with Crippen LogP contribution in [0.2, 0.25) is 0 Å². The quantitative estimate of drug-likeness (QED) is 0.834. The van der Waals surface area contributed by atoms with Crippen molar-refractivity contribution in [3.05, 3.63) is 24.3 Å². The number of hydrogen-bond donors (Lipinski definition) is 1. The molecule has 2 fully saturated rings. The van der Waals surface area contributed by atoms with Gasteiger partial charge in [0.1, 0.15) is 5.75 Å². The number of nitrogens with one attached hydrogen (secondary N) is 1. The first kappa shape index (κ1) is 15.7. The third-order valence-corrected chi connectivity index (χ3v) is 7.08. The third-order valence-electron chi connectivity index (χ3n) is 3.95. The number of rotatable bonds is 5. The number of nitrogens with zero attached hydrogens (tertiary/aromatic N) is 1. The second-order valence-corrected chi connectivity index (χ2v) is 9.06. The SMILES string of the molecule is CCCCOc1cccc(N2C(=N)S[C@@H]3CS(=O)(=O)C[C@H]32)c1. The Balaban J connectivity index is 1.81. The van der Waals surface area contributed by atoms with Crippen molar-refractivity contribution in [2.45, 2.75) is 31.1 Å². The van der Waals surface area contributed by atoms with Gasteiger partial charge >= 0.3 is 0 Å². The van der Waals surface area contributed by atoms with Gasteiger partial charge in [-0.3, -0.25) is 5.41 Å². The van der Waals surface area contributed by atoms with E-state index in [2.05, 4.69) is 6.92 Å². The first-order chi connectivity index (χ1) is 10.5. The molecule has 0 bridgehead atoms. The number of anilines is 1. The monoisotopic (exact) mass is 340 g/mol. The van der Waals surface area contributed by atoms with Gasteiger partial charge in [-0.2, -0.15) is 0 Å². The summed E-state index contributed by atoms with van der Waals surface area (Å²) in [4.78, 5) is 1.84. The Morgan fingerprint density at radius 3 is 3.00 bits per heavy atom. The highest BCUT2D eigenvalue weighted by atomic mass is 32.2. The smallest absolute Gasteiger partial charge is 0.161 e. The maximum atomic E-state index is 11.8. The summed E-state index contributed by atoms with van der Waals surface area (Å²) in [5.74, 6) is 1.08. The zero-order valence-electron chi connectivity index (χ0n) is 12.5. The minimum atomic E-state index is -2.99. The van der Waals surface area contributed by atoms with Gasteiger partial charge in [0.2, 0.25) is 0 Å². The van der Waals surface area contributed by atoms with Crippen molar-refractivity contribution >= 4 is 32.5 Å². The molecule has 2 aliphatic heterocycles. The van der Waals surface area contributed by atoms with Crippen LogP contribution in [0.15, 0.2) is 24.3 Å². The van der Waals surface area contributed by atoms with Gasteiger partial charge < -0.3 is 9.64 Å². The molecule has 0 saturated carbocycles. The standard InChI is InChI=1S/C15H20N2O3S2/c1-2-3-7-20-12-6-4-5-11(8-12)17-13-9-22(18,19)10-14(13)21-15(17)16/h4-6,8,13-14,16H,2-3,7,9-10H2,1H3/t13-,14-/m1/s1. The number of amidine groups is 1. The van der Waals surface area contributed by atoms with E-state index in [1.165, 1.54) is 11.8 Å². The van der Waals surface area contributed by atoms with Crippen LogP contribution in [0.4, 0.5) is 5.69 Å². The molecule has 5 nitrogen and oxygen atoms in total. The summed E-state index contributed by atoms with van der Waals surface area (Å²) in [5.41, 5.74) is 0.844. The van der Waals surface area contributed by atoms with Crippen molar-refractivity contribution in [2.75, 3.05) is 23.0 Å². The van der Waals surface area contributed by atoms with Crippen molar-refractivity contribution in [1.29, 1.82) is 5.41 Å². The summed E-state index contributed by atoms with van der Waals surface area (Å²) in [6.45, 7) is 2.79. The molecule has 0 aliphatic carbocycles. The van der Waals surface area contributed by atoms with Crippen LogP contribution in [0.3, 0.4) is 0 Å². The Hall–Kier alpha value is -1.21. The fraction of sp³-hybridized carbons (Fsp3) is 0.533. The van der Waals surface area contributed by atoms with Crippen LogP contribution in [0.5, 0.6) is 5.75 Å². The Morgan fingerprint density at radius 2 is 2.23 bits per heavy atom. The Labute approximate surface area is 135 Å². The molecule has 1 aromatic carbocycles. The van der Waals surface area contributed by atoms with Crippen LogP contribution in [0.1, 0.15) is 19.8 Å². The van der Waals surface area contributed by atoms with E-state index in [9.17, 15) is 8.42 Å². The molecule has 1 aromatic rings. The van der Waals surface area contributed by atoms with Crippen LogP contribution in [-0.2, 0) is 9.84 Å². The highest BCUT2D eigenvalue weighted by Crippen LogP contribution is 2.40. The van der Waals surface area contributed by atoms with E-state index in [0.717, 1.165) is 24.3 Å². The minimum Gasteiger partial charge on any atom is -0.494 e. The number of thioether (sulfide) groups is 1. The molecule has 7 heteroatoms. The molecule has 0 spiro atoms. The topological polar surface area (TPSA) is 70.5 Å². The minimum absolute atomic E-state index is 0.0258. The van der Waals surface area contributed by atoms with Gasteiger partial charge in [-0.05, 0) is 18.6 Å². The third kappa shape index (κ3) is 3.10. The van der Waals surface area contributed by atoms with Crippen LogP contribution in [-0.4, -0.2) is 43.0 Å². The van der Waals surface area contributed by atoms with Crippen LogP contribution in [0.25, 0.3) is 0 Å². The van der Waals surface area contributed by atoms with Gasteiger partial charge in [-0.25, -0.2) is 8.42 Å². The molecule has 22 heavy (non-hydrogen) atoms. The summed E-state index contributed by atoms with van der Waals surface area (Å²) in [6, 6.07) is 7.47. The highest BCUT2D eigenvalue weighted by molar-refractivity contribution is 8.15. The molecule has 2 atom stereocenters. The lowest BCUT2D eigenvalue weighted by Gasteiger charge is -2.24. The van der Waals surface area contributed by atoms with E-state index in [0.29, 0.717) is 11.8 Å². The lowest BCUT2D eigenvalue weighted by atomic mass is 10.2. The predicted molar refractivity (Wildman–Crippen MR) is 90.9 cm³/mol. The fourth-order valence-corrected chi connectivity index (χ4v) is 6.66. The first-order valence-electron chi connectivity index (χ1n) is 7.48. The number of ether oxygens (including phenoxy) is 1. The predicted octanol–water partition coefficient (Wildman–Crippen LogP) is 2.52. The Bertz CT molecular complexity index is 675. The van der Waals surface area contributed by atoms with Gasteiger partial charge in [0, 0.05) is 17.0 Å². The molecule has 120 valence electrons.